The number of amides is 1. The van der Waals surface area contributed by atoms with E-state index < -0.39 is 15.9 Å². The van der Waals surface area contributed by atoms with Gasteiger partial charge >= 0.3 is 0 Å². The van der Waals surface area contributed by atoms with Crippen LogP contribution in [0.2, 0.25) is 0 Å². The van der Waals surface area contributed by atoms with Gasteiger partial charge in [-0.2, -0.15) is 4.31 Å². The predicted molar refractivity (Wildman–Crippen MR) is 113 cm³/mol. The first-order chi connectivity index (χ1) is 14.9. The van der Waals surface area contributed by atoms with Crippen molar-refractivity contribution in [3.05, 3.63) is 42.5 Å². The normalized spacial score (nSPS) is 13.0. The molecule has 0 atom stereocenters. The Morgan fingerprint density at radius 2 is 1.68 bits per heavy atom. The first-order valence-corrected chi connectivity index (χ1v) is 11.3. The SMILES string of the molecule is CCOc1ccc(OCCNC(=O)CN(C)S(=O)(=O)c2ccc3c(c2)OCCO3)cc1. The second-order valence-corrected chi connectivity index (χ2v) is 8.71. The number of carbonyl (C=O) groups excluding carboxylic acids is 1. The summed E-state index contributed by atoms with van der Waals surface area (Å²) in [6, 6.07) is 11.5. The molecule has 0 saturated carbocycles. The van der Waals surface area contributed by atoms with Crippen molar-refractivity contribution in [3.63, 3.8) is 0 Å². The van der Waals surface area contributed by atoms with Crippen LogP contribution in [0, 0.1) is 0 Å². The van der Waals surface area contributed by atoms with E-state index in [0.717, 1.165) is 10.1 Å². The van der Waals surface area contributed by atoms with Crippen LogP contribution in [0.5, 0.6) is 23.0 Å². The lowest BCUT2D eigenvalue weighted by molar-refractivity contribution is -0.121. The Balaban J connectivity index is 1.46. The van der Waals surface area contributed by atoms with Crippen molar-refractivity contribution in [2.45, 2.75) is 11.8 Å². The van der Waals surface area contributed by atoms with E-state index in [1.807, 2.05) is 6.92 Å². The lowest BCUT2D eigenvalue weighted by Crippen LogP contribution is -2.39. The van der Waals surface area contributed by atoms with E-state index in [9.17, 15) is 13.2 Å². The number of sulfonamides is 1. The average Bonchev–Trinajstić information content (AvgIpc) is 2.77. The molecule has 1 N–H and O–H groups in total. The molecular weight excluding hydrogens is 424 g/mol. The Hall–Kier alpha value is -2.98. The van der Waals surface area contributed by atoms with Gasteiger partial charge in [0.2, 0.25) is 15.9 Å². The summed E-state index contributed by atoms with van der Waals surface area (Å²) >= 11 is 0. The second kappa shape index (κ2) is 10.4. The van der Waals surface area contributed by atoms with E-state index in [1.54, 1.807) is 30.3 Å². The third-order valence-electron chi connectivity index (χ3n) is 4.42. The Bertz CT molecular complexity index is 993. The fraction of sp³-hybridized carbons (Fsp3) is 0.381. The maximum absolute atomic E-state index is 12.8. The molecule has 0 bridgehead atoms. The smallest absolute Gasteiger partial charge is 0.243 e. The van der Waals surface area contributed by atoms with Crippen LogP contribution in [0.1, 0.15) is 6.92 Å². The van der Waals surface area contributed by atoms with Gasteiger partial charge in [0, 0.05) is 13.1 Å². The van der Waals surface area contributed by atoms with Gasteiger partial charge in [-0.1, -0.05) is 0 Å². The molecule has 10 heteroatoms. The van der Waals surface area contributed by atoms with Crippen LogP contribution in [0.4, 0.5) is 0 Å². The van der Waals surface area contributed by atoms with E-state index in [-0.39, 0.29) is 24.6 Å². The van der Waals surface area contributed by atoms with Gasteiger partial charge in [0.15, 0.2) is 11.5 Å². The highest BCUT2D eigenvalue weighted by molar-refractivity contribution is 7.89. The van der Waals surface area contributed by atoms with Crippen LogP contribution in [-0.4, -0.2) is 65.2 Å². The summed E-state index contributed by atoms with van der Waals surface area (Å²) in [7, 11) is -2.51. The van der Waals surface area contributed by atoms with Crippen molar-refractivity contribution in [3.8, 4) is 23.0 Å². The number of hydrogen-bond acceptors (Lipinski definition) is 7. The van der Waals surface area contributed by atoms with Crippen molar-refractivity contribution in [2.75, 3.05) is 46.6 Å². The first-order valence-electron chi connectivity index (χ1n) is 9.88. The highest BCUT2D eigenvalue weighted by Crippen LogP contribution is 2.32. The zero-order valence-corrected chi connectivity index (χ0v) is 18.3. The molecule has 2 aromatic carbocycles. The lowest BCUT2D eigenvalue weighted by Gasteiger charge is -2.21. The molecule has 0 spiro atoms. The molecule has 2 aromatic rings. The van der Waals surface area contributed by atoms with Gasteiger partial charge in [-0.3, -0.25) is 4.79 Å². The number of nitrogens with zero attached hydrogens (tertiary/aromatic N) is 1. The molecule has 3 rings (SSSR count). The predicted octanol–water partition coefficient (Wildman–Crippen LogP) is 1.67. The van der Waals surface area contributed by atoms with Gasteiger partial charge in [0.05, 0.1) is 24.6 Å². The molecule has 0 radical (unpaired) electrons. The highest BCUT2D eigenvalue weighted by Gasteiger charge is 2.25. The largest absolute Gasteiger partial charge is 0.494 e. The van der Waals surface area contributed by atoms with Crippen molar-refractivity contribution < 1.29 is 32.2 Å². The van der Waals surface area contributed by atoms with Crippen LogP contribution >= 0.6 is 0 Å². The number of rotatable bonds is 10. The van der Waals surface area contributed by atoms with Gasteiger partial charge in [0.25, 0.3) is 0 Å². The molecule has 168 valence electrons. The molecule has 0 fully saturated rings. The molecule has 0 aliphatic carbocycles. The summed E-state index contributed by atoms with van der Waals surface area (Å²) < 4.78 is 48.3. The fourth-order valence-corrected chi connectivity index (χ4v) is 4.01. The summed E-state index contributed by atoms with van der Waals surface area (Å²) in [6.07, 6.45) is 0. The number of likely N-dealkylation sites (N-methyl/N-ethyl adjacent to an activating group) is 1. The Labute approximate surface area is 181 Å². The molecule has 1 heterocycles. The molecule has 1 aliphatic rings. The van der Waals surface area contributed by atoms with Crippen LogP contribution in [0.3, 0.4) is 0 Å². The third-order valence-corrected chi connectivity index (χ3v) is 6.22. The van der Waals surface area contributed by atoms with Crippen molar-refractivity contribution in [1.82, 2.24) is 9.62 Å². The van der Waals surface area contributed by atoms with E-state index in [1.165, 1.54) is 19.2 Å². The molecular formula is C21H26N2O7S. The van der Waals surface area contributed by atoms with E-state index >= 15 is 0 Å². The van der Waals surface area contributed by atoms with Gasteiger partial charge in [-0.05, 0) is 43.3 Å². The first kappa shape index (κ1) is 22.7. The number of ether oxygens (including phenoxy) is 4. The monoisotopic (exact) mass is 450 g/mol. The third kappa shape index (κ3) is 6.02. The quantitative estimate of drug-likeness (QED) is 0.549. The second-order valence-electron chi connectivity index (χ2n) is 6.67. The average molecular weight is 451 g/mol. The standard InChI is InChI=1S/C21H26N2O7S/c1-3-27-16-4-6-17(7-5-16)28-11-10-22-21(24)15-23(2)31(25,26)18-8-9-19-20(14-18)30-13-12-29-19/h4-9,14H,3,10-13,15H2,1-2H3,(H,22,24). The zero-order valence-electron chi connectivity index (χ0n) is 17.5. The number of benzene rings is 2. The summed E-state index contributed by atoms with van der Waals surface area (Å²) in [6.45, 7) is 3.44. The summed E-state index contributed by atoms with van der Waals surface area (Å²) in [5.41, 5.74) is 0. The molecule has 31 heavy (non-hydrogen) atoms. The number of hydrogen-bond donors (Lipinski definition) is 1. The zero-order chi connectivity index (χ0) is 22.3. The Morgan fingerprint density at radius 1 is 1.03 bits per heavy atom. The minimum atomic E-state index is -3.86. The molecule has 0 unspecified atom stereocenters. The molecule has 0 saturated heterocycles. The van der Waals surface area contributed by atoms with Gasteiger partial charge in [0.1, 0.15) is 31.3 Å². The maximum atomic E-state index is 12.8. The van der Waals surface area contributed by atoms with E-state index in [4.69, 9.17) is 18.9 Å². The minimum absolute atomic E-state index is 0.0332. The number of carbonyl (C=O) groups is 1. The van der Waals surface area contributed by atoms with Crippen LogP contribution < -0.4 is 24.3 Å². The van der Waals surface area contributed by atoms with Crippen molar-refractivity contribution in [1.29, 1.82) is 0 Å². The summed E-state index contributed by atoms with van der Waals surface area (Å²) in [5.74, 6) is 1.84. The van der Waals surface area contributed by atoms with Crippen LogP contribution in [0.25, 0.3) is 0 Å². The Morgan fingerprint density at radius 3 is 2.35 bits per heavy atom. The van der Waals surface area contributed by atoms with Gasteiger partial charge in [-0.25, -0.2) is 8.42 Å². The lowest BCUT2D eigenvalue weighted by atomic mass is 10.3. The number of fused-ring (bicyclic) bond motifs is 1. The summed E-state index contributed by atoms with van der Waals surface area (Å²) in [4.78, 5) is 12.2. The summed E-state index contributed by atoms with van der Waals surface area (Å²) in [5, 5.41) is 2.65. The van der Waals surface area contributed by atoms with Crippen LogP contribution in [-0.2, 0) is 14.8 Å². The minimum Gasteiger partial charge on any atom is -0.494 e. The molecule has 1 aliphatic heterocycles. The van der Waals surface area contributed by atoms with Crippen LogP contribution in [0.15, 0.2) is 47.4 Å². The Kier molecular flexibility index (Phi) is 7.59. The molecule has 1 amide bonds. The van der Waals surface area contributed by atoms with E-state index in [0.29, 0.717) is 37.1 Å². The van der Waals surface area contributed by atoms with E-state index in [2.05, 4.69) is 5.32 Å². The fourth-order valence-electron chi connectivity index (χ4n) is 2.87. The van der Waals surface area contributed by atoms with Gasteiger partial charge < -0.3 is 24.3 Å². The molecule has 9 nitrogen and oxygen atoms in total. The number of nitrogens with one attached hydrogen (secondary N) is 1. The molecule has 0 aromatic heterocycles. The van der Waals surface area contributed by atoms with Crippen molar-refractivity contribution in [2.24, 2.45) is 0 Å². The van der Waals surface area contributed by atoms with Crippen molar-refractivity contribution >= 4 is 15.9 Å². The topological polar surface area (TPSA) is 103 Å². The van der Waals surface area contributed by atoms with Gasteiger partial charge in [-0.15, -0.1) is 0 Å². The highest BCUT2D eigenvalue weighted by atomic mass is 32.2. The maximum Gasteiger partial charge on any atom is 0.243 e.